The van der Waals surface area contributed by atoms with Crippen molar-refractivity contribution >= 4 is 11.4 Å². The lowest BCUT2D eigenvalue weighted by atomic mass is 9.95. The molecule has 0 atom stereocenters. The molecule has 0 spiro atoms. The second-order valence-corrected chi connectivity index (χ2v) is 2.77. The van der Waals surface area contributed by atoms with Gasteiger partial charge in [-0.25, -0.2) is 0 Å². The number of nitrogens with one attached hydrogen (secondary N) is 2. The van der Waals surface area contributed by atoms with Gasteiger partial charge in [0.1, 0.15) is 5.76 Å². The Kier molecular flexibility index (Phi) is 2.13. The molecule has 2 N–H and O–H groups in total. The summed E-state index contributed by atoms with van der Waals surface area (Å²) in [5, 5.41) is 15.2. The van der Waals surface area contributed by atoms with E-state index in [1.54, 1.807) is 13.0 Å². The SMILES string of the molecule is COC1=C(C)C(=N)C(C)=CC1=N. The van der Waals surface area contributed by atoms with Crippen molar-refractivity contribution in [1.82, 2.24) is 0 Å². The average Bonchev–Trinajstić information content (AvgIpc) is 2.01. The van der Waals surface area contributed by atoms with E-state index in [0.717, 1.165) is 11.1 Å². The van der Waals surface area contributed by atoms with Crippen LogP contribution in [0.1, 0.15) is 13.8 Å². The van der Waals surface area contributed by atoms with E-state index in [-0.39, 0.29) is 0 Å². The lowest BCUT2D eigenvalue weighted by molar-refractivity contribution is 0.312. The zero-order valence-corrected chi connectivity index (χ0v) is 7.49. The number of methoxy groups -OCH3 is 1. The molecule has 0 fully saturated rings. The van der Waals surface area contributed by atoms with E-state index in [9.17, 15) is 0 Å². The minimum Gasteiger partial charge on any atom is -0.494 e. The van der Waals surface area contributed by atoms with Crippen molar-refractivity contribution in [2.24, 2.45) is 0 Å². The molecule has 0 unspecified atom stereocenters. The molecule has 0 aromatic heterocycles. The van der Waals surface area contributed by atoms with Crippen LogP contribution in [0.4, 0.5) is 0 Å². The highest BCUT2D eigenvalue weighted by Crippen LogP contribution is 2.18. The summed E-state index contributed by atoms with van der Waals surface area (Å²) < 4.78 is 5.00. The lowest BCUT2D eigenvalue weighted by Gasteiger charge is -2.16. The highest BCUT2D eigenvalue weighted by Gasteiger charge is 2.18. The van der Waals surface area contributed by atoms with Gasteiger partial charge in [0.2, 0.25) is 0 Å². The Hall–Kier alpha value is -1.38. The monoisotopic (exact) mass is 164 g/mol. The first-order valence-electron chi connectivity index (χ1n) is 3.69. The van der Waals surface area contributed by atoms with Gasteiger partial charge < -0.3 is 10.1 Å². The van der Waals surface area contributed by atoms with E-state index in [1.165, 1.54) is 7.11 Å². The minimum absolute atomic E-state index is 0.350. The van der Waals surface area contributed by atoms with Gasteiger partial charge in [0.15, 0.2) is 0 Å². The van der Waals surface area contributed by atoms with Crippen molar-refractivity contribution in [3.05, 3.63) is 23.0 Å². The Morgan fingerprint density at radius 3 is 2.33 bits per heavy atom. The summed E-state index contributed by atoms with van der Waals surface area (Å²) in [7, 11) is 1.52. The van der Waals surface area contributed by atoms with Crippen LogP contribution in [0.3, 0.4) is 0 Å². The largest absolute Gasteiger partial charge is 0.494 e. The first-order chi connectivity index (χ1) is 5.57. The van der Waals surface area contributed by atoms with Gasteiger partial charge in [-0.3, -0.25) is 5.41 Å². The van der Waals surface area contributed by atoms with Crippen LogP contribution < -0.4 is 0 Å². The molecule has 0 saturated carbocycles. The highest BCUT2D eigenvalue weighted by atomic mass is 16.5. The van der Waals surface area contributed by atoms with Crippen molar-refractivity contribution < 1.29 is 4.74 Å². The minimum atomic E-state index is 0.350. The summed E-state index contributed by atoms with van der Waals surface area (Å²) in [5.74, 6) is 0.505. The highest BCUT2D eigenvalue weighted by molar-refractivity contribution is 6.23. The van der Waals surface area contributed by atoms with Crippen LogP contribution in [0.25, 0.3) is 0 Å². The molecular formula is C9H12N2O. The van der Waals surface area contributed by atoms with E-state index in [0.29, 0.717) is 17.2 Å². The Labute approximate surface area is 71.8 Å². The van der Waals surface area contributed by atoms with Crippen LogP contribution in [0.15, 0.2) is 23.0 Å². The average molecular weight is 164 g/mol. The second-order valence-electron chi connectivity index (χ2n) is 2.77. The first kappa shape index (κ1) is 8.71. The zero-order valence-electron chi connectivity index (χ0n) is 7.49. The predicted molar refractivity (Wildman–Crippen MR) is 48.9 cm³/mol. The summed E-state index contributed by atoms with van der Waals surface area (Å²) >= 11 is 0. The third-order valence-electron chi connectivity index (χ3n) is 1.92. The standard InChI is InChI=1S/C9H12N2O/c1-5-4-7(10)9(12-3)6(2)8(5)11/h4,10-11H,1-3H3. The van der Waals surface area contributed by atoms with Crippen LogP contribution in [-0.4, -0.2) is 18.5 Å². The Bertz CT molecular complexity index is 310. The summed E-state index contributed by atoms with van der Waals surface area (Å²) in [6.45, 7) is 3.62. The molecule has 0 radical (unpaired) electrons. The smallest absolute Gasteiger partial charge is 0.148 e. The molecule has 0 heterocycles. The fraction of sp³-hybridized carbons (Fsp3) is 0.333. The van der Waals surface area contributed by atoms with Gasteiger partial charge in [0, 0.05) is 5.57 Å². The van der Waals surface area contributed by atoms with Crippen molar-refractivity contribution in [3.63, 3.8) is 0 Å². The molecule has 3 nitrogen and oxygen atoms in total. The van der Waals surface area contributed by atoms with Gasteiger partial charge >= 0.3 is 0 Å². The van der Waals surface area contributed by atoms with E-state index in [1.807, 2.05) is 6.92 Å². The maximum Gasteiger partial charge on any atom is 0.148 e. The van der Waals surface area contributed by atoms with Gasteiger partial charge in [-0.2, -0.15) is 0 Å². The van der Waals surface area contributed by atoms with Gasteiger partial charge in [-0.1, -0.05) is 0 Å². The van der Waals surface area contributed by atoms with Gasteiger partial charge in [0.25, 0.3) is 0 Å². The maximum absolute atomic E-state index is 7.62. The van der Waals surface area contributed by atoms with Crippen molar-refractivity contribution in [3.8, 4) is 0 Å². The third kappa shape index (κ3) is 1.18. The zero-order chi connectivity index (χ0) is 9.30. The van der Waals surface area contributed by atoms with E-state index in [2.05, 4.69) is 0 Å². The lowest BCUT2D eigenvalue weighted by Crippen LogP contribution is -2.16. The molecule has 0 aliphatic heterocycles. The number of rotatable bonds is 1. The molecular weight excluding hydrogens is 152 g/mol. The van der Waals surface area contributed by atoms with E-state index >= 15 is 0 Å². The first-order valence-corrected chi connectivity index (χ1v) is 3.69. The molecule has 0 bridgehead atoms. The molecule has 0 aromatic rings. The predicted octanol–water partition coefficient (Wildman–Crippen LogP) is 1.91. The molecule has 3 heteroatoms. The molecule has 0 saturated heterocycles. The summed E-state index contributed by atoms with van der Waals surface area (Å²) in [5.41, 5.74) is 2.37. The normalized spacial score (nSPS) is 18.1. The number of hydrogen-bond acceptors (Lipinski definition) is 3. The fourth-order valence-corrected chi connectivity index (χ4v) is 1.23. The fourth-order valence-electron chi connectivity index (χ4n) is 1.23. The molecule has 12 heavy (non-hydrogen) atoms. The van der Waals surface area contributed by atoms with Gasteiger partial charge in [-0.05, 0) is 25.5 Å². The Morgan fingerprint density at radius 2 is 1.83 bits per heavy atom. The maximum atomic E-state index is 7.62. The van der Waals surface area contributed by atoms with Crippen LogP contribution in [0.5, 0.6) is 0 Å². The molecule has 1 aliphatic rings. The van der Waals surface area contributed by atoms with Crippen molar-refractivity contribution in [2.45, 2.75) is 13.8 Å². The third-order valence-corrected chi connectivity index (χ3v) is 1.92. The van der Waals surface area contributed by atoms with Crippen LogP contribution in [0, 0.1) is 10.8 Å². The molecule has 0 amide bonds. The Balaban J connectivity index is 3.17. The van der Waals surface area contributed by atoms with Gasteiger partial charge in [0.05, 0.1) is 18.5 Å². The Morgan fingerprint density at radius 1 is 1.25 bits per heavy atom. The molecule has 64 valence electrons. The topological polar surface area (TPSA) is 56.9 Å². The number of hydrogen-bond donors (Lipinski definition) is 2. The van der Waals surface area contributed by atoms with Crippen LogP contribution in [-0.2, 0) is 4.74 Å². The van der Waals surface area contributed by atoms with E-state index in [4.69, 9.17) is 15.6 Å². The summed E-state index contributed by atoms with van der Waals surface area (Å²) in [6.07, 6.45) is 1.65. The molecule has 1 rings (SSSR count). The number of allylic oxidation sites excluding steroid dienone is 3. The second kappa shape index (κ2) is 2.93. The quantitative estimate of drug-likeness (QED) is 0.571. The van der Waals surface area contributed by atoms with Gasteiger partial charge in [-0.15, -0.1) is 0 Å². The summed E-state index contributed by atoms with van der Waals surface area (Å²) in [4.78, 5) is 0. The van der Waals surface area contributed by atoms with E-state index < -0.39 is 0 Å². The molecule has 1 aliphatic carbocycles. The van der Waals surface area contributed by atoms with Crippen LogP contribution in [0.2, 0.25) is 0 Å². The summed E-state index contributed by atoms with van der Waals surface area (Å²) in [6, 6.07) is 0. The van der Waals surface area contributed by atoms with Crippen molar-refractivity contribution in [1.29, 1.82) is 10.8 Å². The molecule has 0 aromatic carbocycles. The van der Waals surface area contributed by atoms with Crippen LogP contribution >= 0.6 is 0 Å². The number of ether oxygens (including phenoxy) is 1. The van der Waals surface area contributed by atoms with Crippen molar-refractivity contribution in [2.75, 3.05) is 7.11 Å².